The van der Waals surface area contributed by atoms with Crippen molar-refractivity contribution in [2.24, 2.45) is 0 Å². The Morgan fingerprint density at radius 1 is 1.00 bits per heavy atom. The third kappa shape index (κ3) is 3.17. The molecule has 0 atom stereocenters. The molecule has 0 spiro atoms. The smallest absolute Gasteiger partial charge is 0.229 e. The van der Waals surface area contributed by atoms with Crippen molar-refractivity contribution in [3.8, 4) is 0 Å². The van der Waals surface area contributed by atoms with Crippen molar-refractivity contribution in [3.05, 3.63) is 53.9 Å². The SMILES string of the molecule is Cc1cc(Nc2ccnc(Nc3ccc(F)c(F)c3)n2)no1. The molecule has 0 fully saturated rings. The summed E-state index contributed by atoms with van der Waals surface area (Å²) in [6, 6.07) is 6.80. The molecule has 3 aromatic rings. The molecule has 2 N–H and O–H groups in total. The number of rotatable bonds is 4. The summed E-state index contributed by atoms with van der Waals surface area (Å²) in [5.74, 6) is 0.0249. The lowest BCUT2D eigenvalue weighted by molar-refractivity contribution is 0.400. The molecule has 3 rings (SSSR count). The third-order valence-corrected chi connectivity index (χ3v) is 2.72. The van der Waals surface area contributed by atoms with E-state index in [1.807, 2.05) is 0 Å². The van der Waals surface area contributed by atoms with Gasteiger partial charge < -0.3 is 15.2 Å². The molecule has 2 aromatic heterocycles. The van der Waals surface area contributed by atoms with Crippen molar-refractivity contribution in [3.63, 3.8) is 0 Å². The lowest BCUT2D eigenvalue weighted by Crippen LogP contribution is -2.01. The Balaban J connectivity index is 1.77. The topological polar surface area (TPSA) is 75.9 Å². The molecule has 0 amide bonds. The normalized spacial score (nSPS) is 10.5. The number of benzene rings is 1. The van der Waals surface area contributed by atoms with E-state index in [4.69, 9.17) is 4.52 Å². The van der Waals surface area contributed by atoms with Gasteiger partial charge in [-0.2, -0.15) is 4.98 Å². The van der Waals surface area contributed by atoms with Crippen LogP contribution in [-0.4, -0.2) is 15.1 Å². The van der Waals surface area contributed by atoms with Crippen LogP contribution >= 0.6 is 0 Å². The first-order valence-corrected chi connectivity index (χ1v) is 6.35. The van der Waals surface area contributed by atoms with Gasteiger partial charge in [0.2, 0.25) is 5.95 Å². The number of nitrogens with zero attached hydrogens (tertiary/aromatic N) is 3. The maximum atomic E-state index is 13.2. The second-order valence-corrected chi connectivity index (χ2v) is 4.47. The van der Waals surface area contributed by atoms with Crippen molar-refractivity contribution >= 4 is 23.3 Å². The summed E-state index contributed by atoms with van der Waals surface area (Å²) in [7, 11) is 0. The summed E-state index contributed by atoms with van der Waals surface area (Å²) in [6.45, 7) is 1.77. The summed E-state index contributed by atoms with van der Waals surface area (Å²) >= 11 is 0. The summed E-state index contributed by atoms with van der Waals surface area (Å²) in [5.41, 5.74) is 0.341. The van der Waals surface area contributed by atoms with Crippen LogP contribution in [0, 0.1) is 18.6 Å². The highest BCUT2D eigenvalue weighted by atomic mass is 19.2. The van der Waals surface area contributed by atoms with Gasteiger partial charge >= 0.3 is 0 Å². The zero-order valence-corrected chi connectivity index (χ0v) is 11.5. The average Bonchev–Trinajstić information content (AvgIpc) is 2.89. The molecule has 8 heteroatoms. The second-order valence-electron chi connectivity index (χ2n) is 4.47. The Morgan fingerprint density at radius 3 is 2.59 bits per heavy atom. The average molecular weight is 303 g/mol. The van der Waals surface area contributed by atoms with E-state index in [1.54, 1.807) is 19.1 Å². The van der Waals surface area contributed by atoms with Crippen LogP contribution in [0.4, 0.5) is 32.1 Å². The zero-order chi connectivity index (χ0) is 15.5. The third-order valence-electron chi connectivity index (χ3n) is 2.72. The van der Waals surface area contributed by atoms with Crippen LogP contribution in [0.25, 0.3) is 0 Å². The number of hydrogen-bond acceptors (Lipinski definition) is 6. The Kier molecular flexibility index (Phi) is 3.65. The number of hydrogen-bond donors (Lipinski definition) is 2. The molecule has 0 saturated carbocycles. The maximum Gasteiger partial charge on any atom is 0.229 e. The largest absolute Gasteiger partial charge is 0.360 e. The van der Waals surface area contributed by atoms with Crippen LogP contribution in [0.5, 0.6) is 0 Å². The Bertz CT molecular complexity index is 805. The molecule has 0 bridgehead atoms. The fraction of sp³-hybridized carbons (Fsp3) is 0.0714. The zero-order valence-electron chi connectivity index (χ0n) is 11.5. The highest BCUT2D eigenvalue weighted by molar-refractivity contribution is 5.57. The van der Waals surface area contributed by atoms with E-state index in [1.165, 1.54) is 12.3 Å². The number of aryl methyl sites for hydroxylation is 1. The Labute approximate surface area is 124 Å². The van der Waals surface area contributed by atoms with Crippen molar-refractivity contribution < 1.29 is 13.3 Å². The number of nitrogens with one attached hydrogen (secondary N) is 2. The molecule has 0 aliphatic rings. The van der Waals surface area contributed by atoms with Gasteiger partial charge in [0.1, 0.15) is 11.6 Å². The molecule has 0 saturated heterocycles. The number of aromatic nitrogens is 3. The Morgan fingerprint density at radius 2 is 1.86 bits per heavy atom. The first-order chi connectivity index (χ1) is 10.6. The van der Waals surface area contributed by atoms with E-state index in [0.717, 1.165) is 12.1 Å². The highest BCUT2D eigenvalue weighted by Gasteiger charge is 2.06. The van der Waals surface area contributed by atoms with E-state index in [0.29, 0.717) is 23.1 Å². The quantitative estimate of drug-likeness (QED) is 0.768. The predicted molar refractivity (Wildman–Crippen MR) is 76.2 cm³/mol. The van der Waals surface area contributed by atoms with Crippen LogP contribution in [0.3, 0.4) is 0 Å². The summed E-state index contributed by atoms with van der Waals surface area (Å²) in [6.07, 6.45) is 1.52. The fourth-order valence-corrected chi connectivity index (χ4v) is 1.75. The molecule has 0 aliphatic carbocycles. The molecule has 0 radical (unpaired) electrons. The van der Waals surface area contributed by atoms with Crippen molar-refractivity contribution in [1.29, 1.82) is 0 Å². The second kappa shape index (κ2) is 5.76. The molecule has 0 aliphatic heterocycles. The van der Waals surface area contributed by atoms with E-state index in [9.17, 15) is 8.78 Å². The lowest BCUT2D eigenvalue weighted by Gasteiger charge is -2.07. The van der Waals surface area contributed by atoms with Gasteiger partial charge in [-0.3, -0.25) is 0 Å². The van der Waals surface area contributed by atoms with Gasteiger partial charge in [-0.05, 0) is 25.1 Å². The Hall–Kier alpha value is -3.03. The molecule has 2 heterocycles. The van der Waals surface area contributed by atoms with Gasteiger partial charge in [0.25, 0.3) is 0 Å². The molecule has 22 heavy (non-hydrogen) atoms. The first-order valence-electron chi connectivity index (χ1n) is 6.35. The minimum atomic E-state index is -0.947. The highest BCUT2D eigenvalue weighted by Crippen LogP contribution is 2.19. The van der Waals surface area contributed by atoms with E-state index >= 15 is 0 Å². The van der Waals surface area contributed by atoms with Crippen molar-refractivity contribution in [2.75, 3.05) is 10.6 Å². The molecule has 0 unspecified atom stereocenters. The van der Waals surface area contributed by atoms with Crippen LogP contribution in [0.2, 0.25) is 0 Å². The molecule has 112 valence electrons. The van der Waals surface area contributed by atoms with Gasteiger partial charge in [0, 0.05) is 24.0 Å². The maximum absolute atomic E-state index is 13.2. The van der Waals surface area contributed by atoms with Gasteiger partial charge in [-0.15, -0.1) is 0 Å². The van der Waals surface area contributed by atoms with Crippen molar-refractivity contribution in [2.45, 2.75) is 6.92 Å². The molecular formula is C14H11F2N5O. The molecule has 1 aromatic carbocycles. The van der Waals surface area contributed by atoms with Crippen molar-refractivity contribution in [1.82, 2.24) is 15.1 Å². The lowest BCUT2D eigenvalue weighted by atomic mass is 10.3. The number of anilines is 4. The van der Waals surface area contributed by atoms with Crippen LogP contribution in [-0.2, 0) is 0 Å². The number of halogens is 2. The van der Waals surface area contributed by atoms with E-state index in [-0.39, 0.29) is 5.95 Å². The van der Waals surface area contributed by atoms with Crippen LogP contribution < -0.4 is 10.6 Å². The van der Waals surface area contributed by atoms with E-state index in [2.05, 4.69) is 25.8 Å². The molecule has 6 nitrogen and oxygen atoms in total. The fourth-order valence-electron chi connectivity index (χ4n) is 1.75. The van der Waals surface area contributed by atoms with Gasteiger partial charge in [0.05, 0.1) is 0 Å². The first kappa shape index (κ1) is 13.9. The van der Waals surface area contributed by atoms with E-state index < -0.39 is 11.6 Å². The minimum Gasteiger partial charge on any atom is -0.360 e. The van der Waals surface area contributed by atoms with Crippen LogP contribution in [0.1, 0.15) is 5.76 Å². The van der Waals surface area contributed by atoms with Gasteiger partial charge in [0.15, 0.2) is 17.5 Å². The monoisotopic (exact) mass is 303 g/mol. The van der Waals surface area contributed by atoms with Gasteiger partial charge in [-0.25, -0.2) is 13.8 Å². The van der Waals surface area contributed by atoms with Crippen LogP contribution in [0.15, 0.2) is 41.1 Å². The summed E-state index contributed by atoms with van der Waals surface area (Å²) in [4.78, 5) is 8.20. The summed E-state index contributed by atoms with van der Waals surface area (Å²) < 4.78 is 31.0. The predicted octanol–water partition coefficient (Wildman–Crippen LogP) is 3.54. The van der Waals surface area contributed by atoms with Gasteiger partial charge in [-0.1, -0.05) is 5.16 Å². The minimum absolute atomic E-state index is 0.233. The summed E-state index contributed by atoms with van der Waals surface area (Å²) in [5, 5.41) is 9.52. The standard InChI is InChI=1S/C14H11F2N5O/c1-8-6-13(21-22-8)19-12-4-5-17-14(20-12)18-9-2-3-10(15)11(16)7-9/h2-7H,1H3,(H2,17,18,19,20,21). The molecular weight excluding hydrogens is 292 g/mol.